The van der Waals surface area contributed by atoms with Crippen LogP contribution >= 0.6 is 0 Å². The molecule has 1 aromatic rings. The van der Waals surface area contributed by atoms with E-state index < -0.39 is 0 Å². The normalized spacial score (nSPS) is 24.3. The first-order chi connectivity index (χ1) is 10.1. The lowest BCUT2D eigenvalue weighted by atomic mass is 9.80. The minimum absolute atomic E-state index is 0.0574. The number of hydrogen-bond donors (Lipinski definition) is 1. The van der Waals surface area contributed by atoms with Gasteiger partial charge in [-0.15, -0.1) is 0 Å². The molecule has 2 aliphatic heterocycles. The van der Waals surface area contributed by atoms with Gasteiger partial charge in [-0.2, -0.15) is 0 Å². The van der Waals surface area contributed by atoms with Crippen molar-refractivity contribution in [2.45, 2.75) is 30.9 Å². The monoisotopic (exact) mass is 292 g/mol. The highest BCUT2D eigenvalue weighted by Gasteiger charge is 2.43. The van der Waals surface area contributed by atoms with E-state index >= 15 is 0 Å². The van der Waals surface area contributed by atoms with Crippen molar-refractivity contribution in [2.24, 2.45) is 5.73 Å². The minimum Gasteiger partial charge on any atom is -0.496 e. The largest absolute Gasteiger partial charge is 0.496 e. The van der Waals surface area contributed by atoms with Gasteiger partial charge in [0.05, 0.1) is 19.8 Å². The zero-order valence-electron chi connectivity index (χ0n) is 13.0. The maximum Gasteiger partial charge on any atom is 0.132 e. The van der Waals surface area contributed by atoms with Crippen LogP contribution in [0.25, 0.3) is 0 Å². The molecular formula is C16H24N2O3. The van der Waals surface area contributed by atoms with Crippen molar-refractivity contribution >= 4 is 0 Å². The summed E-state index contributed by atoms with van der Waals surface area (Å²) in [6.07, 6.45) is 2.86. The Morgan fingerprint density at radius 3 is 2.57 bits per heavy atom. The van der Waals surface area contributed by atoms with Gasteiger partial charge in [-0.05, 0) is 19.9 Å². The third-order valence-corrected chi connectivity index (χ3v) is 4.72. The Balaban J connectivity index is 1.97. The van der Waals surface area contributed by atoms with Crippen LogP contribution in [0, 0.1) is 0 Å². The quantitative estimate of drug-likeness (QED) is 0.903. The van der Waals surface area contributed by atoms with Crippen molar-refractivity contribution in [1.29, 1.82) is 0 Å². The lowest BCUT2D eigenvalue weighted by molar-refractivity contribution is -0.0170. The number of likely N-dealkylation sites (tertiary alicyclic amines) is 1. The van der Waals surface area contributed by atoms with Crippen LogP contribution in [0.15, 0.2) is 12.1 Å². The second-order valence-electron chi connectivity index (χ2n) is 6.14. The topological polar surface area (TPSA) is 57.0 Å². The third kappa shape index (κ3) is 2.56. The minimum atomic E-state index is -0.143. The number of ether oxygens (including phenoxy) is 3. The van der Waals surface area contributed by atoms with Gasteiger partial charge >= 0.3 is 0 Å². The molecular weight excluding hydrogens is 268 g/mol. The van der Waals surface area contributed by atoms with Crippen LogP contribution < -0.4 is 19.9 Å². The molecule has 1 fully saturated rings. The fraction of sp³-hybridized carbons (Fsp3) is 0.625. The van der Waals surface area contributed by atoms with E-state index in [9.17, 15) is 0 Å². The zero-order valence-corrected chi connectivity index (χ0v) is 13.0. The lowest BCUT2D eigenvalue weighted by Crippen LogP contribution is -2.50. The standard InChI is InChI=1S/C16H24N2O3/c1-18-6-4-16(5-7-18)10-12(17)15-13(20-3)8-11(19-2)9-14(15)21-16/h8-9,12H,4-7,10,17H2,1-3H3. The van der Waals surface area contributed by atoms with Gasteiger partial charge in [-0.3, -0.25) is 0 Å². The molecule has 0 aliphatic carbocycles. The summed E-state index contributed by atoms with van der Waals surface area (Å²) in [6, 6.07) is 3.74. The molecule has 0 amide bonds. The molecule has 0 radical (unpaired) electrons. The maximum absolute atomic E-state index is 6.44. The van der Waals surface area contributed by atoms with Gasteiger partial charge in [0.2, 0.25) is 0 Å². The number of benzene rings is 1. The SMILES string of the molecule is COc1cc(OC)c2c(c1)OC1(CCN(C)CC1)CC2N. The van der Waals surface area contributed by atoms with E-state index in [1.807, 2.05) is 12.1 Å². The van der Waals surface area contributed by atoms with E-state index in [0.29, 0.717) is 0 Å². The van der Waals surface area contributed by atoms with E-state index in [1.165, 1.54) is 0 Å². The summed E-state index contributed by atoms with van der Waals surface area (Å²) in [5.41, 5.74) is 7.26. The van der Waals surface area contributed by atoms with Crippen molar-refractivity contribution < 1.29 is 14.2 Å². The second-order valence-corrected chi connectivity index (χ2v) is 6.14. The Kier molecular flexibility index (Phi) is 3.71. The van der Waals surface area contributed by atoms with E-state index in [1.54, 1.807) is 14.2 Å². The predicted molar refractivity (Wildman–Crippen MR) is 81.2 cm³/mol. The summed E-state index contributed by atoms with van der Waals surface area (Å²) in [6.45, 7) is 2.09. The van der Waals surface area contributed by atoms with Gasteiger partial charge in [0.25, 0.3) is 0 Å². The number of nitrogens with two attached hydrogens (primary N) is 1. The second kappa shape index (κ2) is 5.39. The van der Waals surface area contributed by atoms with Gasteiger partial charge in [-0.1, -0.05) is 0 Å². The summed E-state index contributed by atoms with van der Waals surface area (Å²) in [4.78, 5) is 2.34. The van der Waals surface area contributed by atoms with Crippen LogP contribution in [0.2, 0.25) is 0 Å². The van der Waals surface area contributed by atoms with Crippen LogP contribution in [-0.4, -0.2) is 44.9 Å². The van der Waals surface area contributed by atoms with Crippen molar-refractivity contribution in [2.75, 3.05) is 34.4 Å². The summed E-state index contributed by atoms with van der Waals surface area (Å²) < 4.78 is 17.2. The smallest absolute Gasteiger partial charge is 0.132 e. The molecule has 116 valence electrons. The molecule has 1 unspecified atom stereocenters. The number of methoxy groups -OCH3 is 2. The van der Waals surface area contributed by atoms with Crippen molar-refractivity contribution in [1.82, 2.24) is 4.90 Å². The van der Waals surface area contributed by atoms with Gasteiger partial charge in [0.15, 0.2) is 0 Å². The van der Waals surface area contributed by atoms with Crippen LogP contribution in [0.3, 0.4) is 0 Å². The zero-order chi connectivity index (χ0) is 15.0. The molecule has 5 heteroatoms. The van der Waals surface area contributed by atoms with Crippen LogP contribution in [0.1, 0.15) is 30.9 Å². The molecule has 2 heterocycles. The highest BCUT2D eigenvalue weighted by atomic mass is 16.5. The van der Waals surface area contributed by atoms with E-state index in [2.05, 4.69) is 11.9 Å². The molecule has 1 spiro atoms. The van der Waals surface area contributed by atoms with Gasteiger partial charge in [0.1, 0.15) is 22.8 Å². The number of piperidine rings is 1. The first kappa shape index (κ1) is 14.5. The van der Waals surface area contributed by atoms with Gasteiger partial charge in [0, 0.05) is 37.7 Å². The Morgan fingerprint density at radius 2 is 1.95 bits per heavy atom. The van der Waals surface area contributed by atoms with Crippen LogP contribution in [0.4, 0.5) is 0 Å². The van der Waals surface area contributed by atoms with E-state index in [-0.39, 0.29) is 11.6 Å². The summed E-state index contributed by atoms with van der Waals surface area (Å²) in [5, 5.41) is 0. The van der Waals surface area contributed by atoms with Crippen molar-refractivity contribution in [3.63, 3.8) is 0 Å². The number of fused-ring (bicyclic) bond motifs is 1. The number of hydrogen-bond acceptors (Lipinski definition) is 5. The highest BCUT2D eigenvalue weighted by Crippen LogP contribution is 2.48. The Labute approximate surface area is 126 Å². The molecule has 0 saturated carbocycles. The molecule has 3 rings (SSSR count). The molecule has 2 N–H and O–H groups in total. The molecule has 1 saturated heterocycles. The first-order valence-electron chi connectivity index (χ1n) is 7.46. The van der Waals surface area contributed by atoms with E-state index in [0.717, 1.165) is 55.2 Å². The van der Waals surface area contributed by atoms with Gasteiger partial charge in [-0.25, -0.2) is 0 Å². The molecule has 0 aromatic heterocycles. The van der Waals surface area contributed by atoms with E-state index in [4.69, 9.17) is 19.9 Å². The molecule has 1 aromatic carbocycles. The van der Waals surface area contributed by atoms with Crippen molar-refractivity contribution in [3.8, 4) is 17.2 Å². The molecule has 21 heavy (non-hydrogen) atoms. The van der Waals surface area contributed by atoms with Crippen molar-refractivity contribution in [3.05, 3.63) is 17.7 Å². The molecule has 5 nitrogen and oxygen atoms in total. The first-order valence-corrected chi connectivity index (χ1v) is 7.46. The summed E-state index contributed by atoms with van der Waals surface area (Å²) in [7, 11) is 5.45. The lowest BCUT2D eigenvalue weighted by Gasteiger charge is -2.45. The summed E-state index contributed by atoms with van der Waals surface area (Å²) >= 11 is 0. The molecule has 2 aliphatic rings. The highest BCUT2D eigenvalue weighted by molar-refractivity contribution is 5.53. The maximum atomic E-state index is 6.44. The Hall–Kier alpha value is -1.46. The number of nitrogens with zero attached hydrogens (tertiary/aromatic N) is 1. The predicted octanol–water partition coefficient (Wildman–Crippen LogP) is 1.95. The average molecular weight is 292 g/mol. The van der Waals surface area contributed by atoms with Crippen LogP contribution in [-0.2, 0) is 0 Å². The fourth-order valence-electron chi connectivity index (χ4n) is 3.42. The number of rotatable bonds is 2. The molecule has 1 atom stereocenters. The summed E-state index contributed by atoms with van der Waals surface area (Å²) in [5.74, 6) is 2.30. The average Bonchev–Trinajstić information content (AvgIpc) is 2.49. The molecule has 0 bridgehead atoms. The fourth-order valence-corrected chi connectivity index (χ4v) is 3.42. The third-order valence-electron chi connectivity index (χ3n) is 4.72. The van der Waals surface area contributed by atoms with Crippen LogP contribution in [0.5, 0.6) is 17.2 Å². The van der Waals surface area contributed by atoms with Gasteiger partial charge < -0.3 is 24.8 Å². The Morgan fingerprint density at radius 1 is 1.24 bits per heavy atom. The Bertz CT molecular complexity index is 524.